The molecule has 136 valence electrons. The van der Waals surface area contributed by atoms with Gasteiger partial charge in [0.1, 0.15) is 24.7 Å². The Morgan fingerprint density at radius 2 is 1.19 bits per heavy atom. The lowest BCUT2D eigenvalue weighted by Crippen LogP contribution is -2.51. The molecular formula is C19H18O7. The van der Waals surface area contributed by atoms with Crippen molar-refractivity contribution in [2.75, 3.05) is 26.4 Å². The molecule has 7 heteroatoms. The molecule has 26 heavy (non-hydrogen) atoms. The van der Waals surface area contributed by atoms with Crippen LogP contribution in [-0.2, 0) is 4.74 Å². The zero-order valence-electron chi connectivity index (χ0n) is 13.9. The van der Waals surface area contributed by atoms with Gasteiger partial charge in [0.2, 0.25) is 0 Å². The first-order valence-electron chi connectivity index (χ1n) is 7.98. The summed E-state index contributed by atoms with van der Waals surface area (Å²) in [5.41, 5.74) is 0.107. The summed E-state index contributed by atoms with van der Waals surface area (Å²) in [5.74, 6) is -0.815. The molecule has 3 rings (SSSR count). The zero-order valence-corrected chi connectivity index (χ0v) is 13.9. The average molecular weight is 358 g/mol. The number of hydrogen-bond donors (Lipinski definition) is 2. The molecule has 1 aliphatic rings. The first-order valence-corrected chi connectivity index (χ1v) is 7.98. The van der Waals surface area contributed by atoms with E-state index in [4.69, 9.17) is 24.4 Å². The van der Waals surface area contributed by atoms with E-state index in [1.54, 1.807) is 24.3 Å². The van der Waals surface area contributed by atoms with Crippen molar-refractivity contribution in [2.24, 2.45) is 5.41 Å². The molecule has 2 N–H and O–H groups in total. The van der Waals surface area contributed by atoms with E-state index < -0.39 is 11.9 Å². The largest absolute Gasteiger partial charge is 0.493 e. The number of aromatic carboxylic acids is 2. The molecule has 0 atom stereocenters. The summed E-state index contributed by atoms with van der Waals surface area (Å²) >= 11 is 0. The van der Waals surface area contributed by atoms with E-state index in [9.17, 15) is 9.59 Å². The van der Waals surface area contributed by atoms with Crippen LogP contribution in [0, 0.1) is 5.41 Å². The minimum Gasteiger partial charge on any atom is -0.493 e. The summed E-state index contributed by atoms with van der Waals surface area (Å²) in [6.07, 6.45) is 0. The van der Waals surface area contributed by atoms with E-state index in [1.807, 2.05) is 0 Å². The molecule has 0 saturated carbocycles. The van der Waals surface area contributed by atoms with E-state index in [1.165, 1.54) is 24.3 Å². The Morgan fingerprint density at radius 1 is 0.808 bits per heavy atom. The van der Waals surface area contributed by atoms with Crippen molar-refractivity contribution in [1.29, 1.82) is 0 Å². The Bertz CT molecular complexity index is 713. The fourth-order valence-electron chi connectivity index (χ4n) is 2.46. The predicted octanol–water partition coefficient (Wildman–Crippen LogP) is 2.56. The molecule has 1 aliphatic heterocycles. The highest BCUT2D eigenvalue weighted by Crippen LogP contribution is 2.30. The minimum absolute atomic E-state index is 0.201. The van der Waals surface area contributed by atoms with Crippen LogP contribution in [0.5, 0.6) is 11.5 Å². The van der Waals surface area contributed by atoms with Crippen molar-refractivity contribution in [3.63, 3.8) is 0 Å². The zero-order chi connectivity index (χ0) is 18.6. The second-order valence-corrected chi connectivity index (χ2v) is 6.23. The van der Waals surface area contributed by atoms with Gasteiger partial charge in [0, 0.05) is 0 Å². The van der Waals surface area contributed by atoms with Crippen LogP contribution >= 0.6 is 0 Å². The molecule has 0 unspecified atom stereocenters. The van der Waals surface area contributed by atoms with Gasteiger partial charge in [0.05, 0.1) is 29.8 Å². The summed E-state index contributed by atoms with van der Waals surface area (Å²) in [6, 6.07) is 12.4. The summed E-state index contributed by atoms with van der Waals surface area (Å²) in [5, 5.41) is 17.8. The predicted molar refractivity (Wildman–Crippen MR) is 91.0 cm³/mol. The molecule has 0 bridgehead atoms. The van der Waals surface area contributed by atoms with Crippen LogP contribution in [0.3, 0.4) is 0 Å². The summed E-state index contributed by atoms with van der Waals surface area (Å²) in [4.78, 5) is 21.7. The third-order valence-electron chi connectivity index (χ3n) is 4.11. The lowest BCUT2D eigenvalue weighted by atomic mass is 9.88. The van der Waals surface area contributed by atoms with Crippen LogP contribution in [0.1, 0.15) is 20.7 Å². The fourth-order valence-corrected chi connectivity index (χ4v) is 2.46. The molecule has 0 radical (unpaired) electrons. The standard InChI is InChI=1S/C19H18O7/c20-17(21)13-1-5-15(6-2-13)25-11-19(9-24-10-19)12-26-16-7-3-14(4-8-16)18(22)23/h1-8H,9-12H2,(H,20,21)(H,22,23). The average Bonchev–Trinajstić information content (AvgIpc) is 2.61. The first kappa shape index (κ1) is 17.8. The van der Waals surface area contributed by atoms with Crippen molar-refractivity contribution in [2.45, 2.75) is 0 Å². The molecule has 0 aliphatic carbocycles. The summed E-state index contributed by atoms with van der Waals surface area (Å²) in [7, 11) is 0. The van der Waals surface area contributed by atoms with Crippen molar-refractivity contribution < 1.29 is 34.0 Å². The van der Waals surface area contributed by atoms with E-state index >= 15 is 0 Å². The summed E-state index contributed by atoms with van der Waals surface area (Å²) in [6.45, 7) is 1.72. The molecule has 2 aromatic carbocycles. The monoisotopic (exact) mass is 358 g/mol. The molecule has 7 nitrogen and oxygen atoms in total. The van der Waals surface area contributed by atoms with Gasteiger partial charge in [-0.3, -0.25) is 0 Å². The lowest BCUT2D eigenvalue weighted by Gasteiger charge is -2.40. The molecule has 2 aromatic rings. The van der Waals surface area contributed by atoms with Crippen molar-refractivity contribution >= 4 is 11.9 Å². The van der Waals surface area contributed by atoms with Crippen LogP contribution in [0.25, 0.3) is 0 Å². The summed E-state index contributed by atoms with van der Waals surface area (Å²) < 4.78 is 16.8. The van der Waals surface area contributed by atoms with Crippen LogP contribution < -0.4 is 9.47 Å². The van der Waals surface area contributed by atoms with Gasteiger partial charge in [-0.25, -0.2) is 9.59 Å². The highest BCUT2D eigenvalue weighted by Gasteiger charge is 2.40. The van der Waals surface area contributed by atoms with Gasteiger partial charge < -0.3 is 24.4 Å². The molecule has 0 aromatic heterocycles. The van der Waals surface area contributed by atoms with E-state index in [0.29, 0.717) is 37.9 Å². The normalized spacial score (nSPS) is 14.9. The van der Waals surface area contributed by atoms with E-state index in [0.717, 1.165) is 0 Å². The van der Waals surface area contributed by atoms with Crippen LogP contribution in [-0.4, -0.2) is 48.6 Å². The van der Waals surface area contributed by atoms with Crippen LogP contribution in [0.4, 0.5) is 0 Å². The van der Waals surface area contributed by atoms with Gasteiger partial charge in [-0.2, -0.15) is 0 Å². The van der Waals surface area contributed by atoms with Gasteiger partial charge >= 0.3 is 11.9 Å². The topological polar surface area (TPSA) is 102 Å². The fraction of sp³-hybridized carbons (Fsp3) is 0.263. The van der Waals surface area contributed by atoms with Gasteiger partial charge in [0.25, 0.3) is 0 Å². The molecule has 1 fully saturated rings. The maximum atomic E-state index is 10.9. The van der Waals surface area contributed by atoms with E-state index in [2.05, 4.69) is 0 Å². The Labute approximate surface area is 149 Å². The number of ether oxygens (including phenoxy) is 3. The number of rotatable bonds is 8. The molecule has 1 heterocycles. The second kappa shape index (κ2) is 7.45. The smallest absolute Gasteiger partial charge is 0.335 e. The third-order valence-corrected chi connectivity index (χ3v) is 4.11. The lowest BCUT2D eigenvalue weighted by molar-refractivity contribution is -0.149. The van der Waals surface area contributed by atoms with E-state index in [-0.39, 0.29) is 16.5 Å². The Morgan fingerprint density at radius 3 is 1.46 bits per heavy atom. The first-order chi connectivity index (χ1) is 12.5. The number of hydrogen-bond acceptors (Lipinski definition) is 5. The Balaban J connectivity index is 1.55. The number of benzene rings is 2. The number of carboxylic acids is 2. The van der Waals surface area contributed by atoms with Crippen molar-refractivity contribution in [3.8, 4) is 11.5 Å². The maximum Gasteiger partial charge on any atom is 0.335 e. The molecule has 0 amide bonds. The Kier molecular flexibility index (Phi) is 5.09. The van der Waals surface area contributed by atoms with Crippen LogP contribution in [0.2, 0.25) is 0 Å². The highest BCUT2D eigenvalue weighted by atomic mass is 16.5. The molecule has 1 saturated heterocycles. The van der Waals surface area contributed by atoms with Crippen LogP contribution in [0.15, 0.2) is 48.5 Å². The Hall–Kier alpha value is -3.06. The molecule has 0 spiro atoms. The van der Waals surface area contributed by atoms with Gasteiger partial charge in [-0.1, -0.05) is 0 Å². The quantitative estimate of drug-likeness (QED) is 0.747. The van der Waals surface area contributed by atoms with Gasteiger partial charge in [-0.15, -0.1) is 0 Å². The molecular weight excluding hydrogens is 340 g/mol. The minimum atomic E-state index is -0.984. The second-order valence-electron chi connectivity index (χ2n) is 6.23. The number of carboxylic acid groups (broad SMARTS) is 2. The van der Waals surface area contributed by atoms with Gasteiger partial charge in [-0.05, 0) is 48.5 Å². The SMILES string of the molecule is O=C(O)c1ccc(OCC2(COc3ccc(C(=O)O)cc3)COC2)cc1. The van der Waals surface area contributed by atoms with Crippen molar-refractivity contribution in [3.05, 3.63) is 59.7 Å². The maximum absolute atomic E-state index is 10.9. The highest BCUT2D eigenvalue weighted by molar-refractivity contribution is 5.88. The van der Waals surface area contributed by atoms with Crippen molar-refractivity contribution in [1.82, 2.24) is 0 Å². The van der Waals surface area contributed by atoms with Gasteiger partial charge in [0.15, 0.2) is 0 Å². The number of carbonyl (C=O) groups is 2. The third kappa shape index (κ3) is 4.12.